The summed E-state index contributed by atoms with van der Waals surface area (Å²) in [6.45, 7) is 7.36. The molecule has 0 amide bonds. The van der Waals surface area contributed by atoms with E-state index in [0.29, 0.717) is 24.1 Å². The number of fused-ring (bicyclic) bond motifs is 14. The van der Waals surface area contributed by atoms with Crippen molar-refractivity contribution in [3.63, 3.8) is 0 Å². The lowest BCUT2D eigenvalue weighted by Gasteiger charge is -2.30. The van der Waals surface area contributed by atoms with Crippen LogP contribution < -0.4 is 0 Å². The van der Waals surface area contributed by atoms with E-state index >= 15 is 8.78 Å². The predicted molar refractivity (Wildman–Crippen MR) is 266 cm³/mol. The molecule has 0 aliphatic heterocycles. The smallest absolute Gasteiger partial charge is 0.159 e. The largest absolute Gasteiger partial charge is 0.456 e. The molecule has 0 radical (unpaired) electrons. The van der Waals surface area contributed by atoms with Gasteiger partial charge in [0.25, 0.3) is 0 Å². The molecule has 3 aromatic heterocycles. The predicted octanol–water partition coefficient (Wildman–Crippen LogP) is 16.7. The molecule has 5 heteroatoms. The van der Waals surface area contributed by atoms with Gasteiger partial charge in [-0.25, -0.2) is 8.78 Å². The van der Waals surface area contributed by atoms with Crippen LogP contribution in [0.4, 0.5) is 8.78 Å². The number of para-hydroxylation sites is 3. The zero-order chi connectivity index (χ0) is 44.4. The SMILES string of the molecule is CC1=C(c2ccccc2F)C(C2Cc3c(ccc4c3oc3ccccc34)-c3ccccc3C2C)=C(c2ccccc2F)[C@@H]1[C@@H](C)Cn1c2ccccc2c2ccc3c4ccccc4oc3c21. The fourth-order valence-corrected chi connectivity index (χ4v) is 12.3. The van der Waals surface area contributed by atoms with Gasteiger partial charge in [0, 0.05) is 67.0 Å². The van der Waals surface area contributed by atoms with Gasteiger partial charge in [0.2, 0.25) is 0 Å². The third-order valence-corrected chi connectivity index (χ3v) is 15.1. The molecule has 3 heterocycles. The van der Waals surface area contributed by atoms with Gasteiger partial charge < -0.3 is 13.4 Å². The van der Waals surface area contributed by atoms with Gasteiger partial charge in [-0.2, -0.15) is 0 Å². The summed E-state index contributed by atoms with van der Waals surface area (Å²) in [5.41, 5.74) is 15.2. The molecule has 0 saturated carbocycles. The Labute approximate surface area is 380 Å². The molecular formula is C61H45F2NO2. The van der Waals surface area contributed by atoms with E-state index in [1.165, 1.54) is 5.56 Å². The first-order chi connectivity index (χ1) is 32.4. The fourth-order valence-electron chi connectivity index (χ4n) is 12.3. The molecule has 8 aromatic carbocycles. The van der Waals surface area contributed by atoms with Crippen molar-refractivity contribution in [1.29, 1.82) is 0 Å². The summed E-state index contributed by atoms with van der Waals surface area (Å²) in [6.07, 6.45) is 0.610. The number of hydrogen-bond acceptors (Lipinski definition) is 2. The van der Waals surface area contributed by atoms with Gasteiger partial charge in [-0.3, -0.25) is 0 Å². The number of aromatic nitrogens is 1. The number of halogens is 2. The fraction of sp³-hybridized carbons (Fsp3) is 0.148. The van der Waals surface area contributed by atoms with Crippen LogP contribution in [-0.2, 0) is 13.0 Å². The average Bonchev–Trinajstić information content (AvgIpc) is 4.07. The second kappa shape index (κ2) is 14.8. The number of furan rings is 2. The van der Waals surface area contributed by atoms with Crippen LogP contribution in [0.5, 0.6) is 0 Å². The minimum atomic E-state index is -0.290. The van der Waals surface area contributed by atoms with E-state index < -0.39 is 0 Å². The molecule has 2 aliphatic carbocycles. The lowest BCUT2D eigenvalue weighted by atomic mass is 9.74. The summed E-state index contributed by atoms with van der Waals surface area (Å²) in [7, 11) is 0. The summed E-state index contributed by atoms with van der Waals surface area (Å²) in [4.78, 5) is 0. The topological polar surface area (TPSA) is 31.2 Å². The van der Waals surface area contributed by atoms with E-state index in [-0.39, 0.29) is 35.3 Å². The summed E-state index contributed by atoms with van der Waals surface area (Å²) in [5, 5.41) is 6.58. The van der Waals surface area contributed by atoms with Crippen molar-refractivity contribution in [2.45, 2.75) is 39.7 Å². The zero-order valence-corrected chi connectivity index (χ0v) is 36.9. The maximum atomic E-state index is 17.0. The van der Waals surface area contributed by atoms with Crippen LogP contribution in [0, 0.1) is 29.4 Å². The molecule has 13 rings (SSSR count). The van der Waals surface area contributed by atoms with E-state index in [1.54, 1.807) is 24.3 Å². The highest BCUT2D eigenvalue weighted by Crippen LogP contribution is 2.58. The molecular weight excluding hydrogens is 817 g/mol. The lowest BCUT2D eigenvalue weighted by molar-refractivity contribution is 0.431. The first-order valence-electron chi connectivity index (χ1n) is 23.1. The molecule has 2 aliphatic rings. The van der Waals surface area contributed by atoms with Crippen molar-refractivity contribution in [3.05, 3.63) is 215 Å². The average molecular weight is 862 g/mol. The van der Waals surface area contributed by atoms with Crippen LogP contribution >= 0.6 is 0 Å². The van der Waals surface area contributed by atoms with Gasteiger partial charge in [0.1, 0.15) is 28.4 Å². The third kappa shape index (κ3) is 5.59. The minimum Gasteiger partial charge on any atom is -0.456 e. The van der Waals surface area contributed by atoms with Crippen LogP contribution in [0.3, 0.4) is 0 Å². The number of allylic oxidation sites excluding steroid dienone is 4. The minimum absolute atomic E-state index is 0.0351. The van der Waals surface area contributed by atoms with Crippen LogP contribution in [0.1, 0.15) is 48.9 Å². The van der Waals surface area contributed by atoms with Crippen LogP contribution in [0.15, 0.2) is 190 Å². The van der Waals surface area contributed by atoms with Gasteiger partial charge in [0.15, 0.2) is 5.58 Å². The first kappa shape index (κ1) is 38.9. The Morgan fingerprint density at radius 1 is 0.545 bits per heavy atom. The van der Waals surface area contributed by atoms with Gasteiger partial charge in [-0.15, -0.1) is 0 Å². The van der Waals surface area contributed by atoms with Crippen LogP contribution in [-0.4, -0.2) is 4.57 Å². The van der Waals surface area contributed by atoms with E-state index in [2.05, 4.69) is 122 Å². The van der Waals surface area contributed by atoms with Gasteiger partial charge in [-0.05, 0) is 107 Å². The van der Waals surface area contributed by atoms with E-state index in [1.807, 2.05) is 48.5 Å². The van der Waals surface area contributed by atoms with Crippen molar-refractivity contribution in [3.8, 4) is 11.1 Å². The van der Waals surface area contributed by atoms with Crippen molar-refractivity contribution >= 4 is 76.8 Å². The molecule has 2 unspecified atom stereocenters. The highest BCUT2D eigenvalue weighted by Gasteiger charge is 2.44. The van der Waals surface area contributed by atoms with E-state index in [4.69, 9.17) is 8.83 Å². The third-order valence-electron chi connectivity index (χ3n) is 15.1. The molecule has 0 fully saturated rings. The van der Waals surface area contributed by atoms with Crippen molar-refractivity contribution < 1.29 is 17.6 Å². The van der Waals surface area contributed by atoms with Crippen molar-refractivity contribution in [1.82, 2.24) is 4.57 Å². The monoisotopic (exact) mass is 861 g/mol. The highest BCUT2D eigenvalue weighted by molar-refractivity contribution is 6.21. The van der Waals surface area contributed by atoms with Crippen LogP contribution in [0.25, 0.3) is 88.0 Å². The van der Waals surface area contributed by atoms with Gasteiger partial charge >= 0.3 is 0 Å². The summed E-state index contributed by atoms with van der Waals surface area (Å²) >= 11 is 0. The molecule has 11 aromatic rings. The molecule has 0 N–H and O–H groups in total. The highest BCUT2D eigenvalue weighted by atomic mass is 19.1. The normalized spacial score (nSPS) is 18.0. The van der Waals surface area contributed by atoms with E-state index in [0.717, 1.165) is 105 Å². The Hall–Kier alpha value is -7.50. The molecule has 0 saturated heterocycles. The summed E-state index contributed by atoms with van der Waals surface area (Å²) in [6, 6.07) is 56.9. The van der Waals surface area contributed by atoms with Crippen LogP contribution in [0.2, 0.25) is 0 Å². The molecule has 66 heavy (non-hydrogen) atoms. The zero-order valence-electron chi connectivity index (χ0n) is 36.9. The second-order valence-corrected chi connectivity index (χ2v) is 18.6. The first-order valence-corrected chi connectivity index (χ1v) is 23.1. The Kier molecular flexibility index (Phi) is 8.71. The molecule has 3 nitrogen and oxygen atoms in total. The Bertz CT molecular complexity index is 3880. The standard InChI is InChI=1S/C61H45F2NO2/c1-34(33-64-52-25-13-8-18-40(52)43-29-31-45-42-20-10-15-27-54(42)66-61(45)59(43)64)55-36(3)56(46-21-6-11-23-50(46)62)58(57(55)47-22-7-12-24-51(47)63)48-32-49-39(38-17-5-4-16-37(38)35(48)2)28-30-44-41-19-9-14-26-53(41)65-60(44)49/h4-31,34-35,48,55H,32-33H2,1-3H3/t34-,35?,48?,55+/m0/s1. The Morgan fingerprint density at radius 3 is 1.83 bits per heavy atom. The van der Waals surface area contributed by atoms with Gasteiger partial charge in [0.05, 0.1) is 5.52 Å². The van der Waals surface area contributed by atoms with Crippen molar-refractivity contribution in [2.24, 2.45) is 17.8 Å². The summed E-state index contributed by atoms with van der Waals surface area (Å²) < 4.78 is 49.9. The molecule has 4 atom stereocenters. The Morgan fingerprint density at radius 2 is 1.11 bits per heavy atom. The Balaban J connectivity index is 1.08. The summed E-state index contributed by atoms with van der Waals surface area (Å²) in [5.74, 6) is -1.16. The molecule has 0 spiro atoms. The number of benzene rings is 8. The van der Waals surface area contributed by atoms with Crippen molar-refractivity contribution in [2.75, 3.05) is 0 Å². The lowest BCUT2D eigenvalue weighted by Crippen LogP contribution is -2.21. The number of nitrogens with zero attached hydrogens (tertiary/aromatic N) is 1. The quantitative estimate of drug-likeness (QED) is 0.167. The number of rotatable bonds is 6. The maximum absolute atomic E-state index is 17.0. The number of hydrogen-bond donors (Lipinski definition) is 0. The second-order valence-electron chi connectivity index (χ2n) is 18.6. The van der Waals surface area contributed by atoms with E-state index in [9.17, 15) is 0 Å². The maximum Gasteiger partial charge on any atom is 0.159 e. The molecule has 0 bridgehead atoms. The molecule has 320 valence electrons. The van der Waals surface area contributed by atoms with Gasteiger partial charge in [-0.1, -0.05) is 147 Å².